The van der Waals surface area contributed by atoms with Gasteiger partial charge < -0.3 is 0 Å². The van der Waals surface area contributed by atoms with E-state index in [0.29, 0.717) is 5.41 Å². The summed E-state index contributed by atoms with van der Waals surface area (Å²) in [6.45, 7) is 4.51. The minimum absolute atomic E-state index is 0.362. The van der Waals surface area contributed by atoms with Gasteiger partial charge in [0.05, 0.1) is 0 Å². The molecule has 0 aliphatic heterocycles. The van der Waals surface area contributed by atoms with Gasteiger partial charge in [0.25, 0.3) is 0 Å². The van der Waals surface area contributed by atoms with E-state index in [-0.39, 0.29) is 0 Å². The lowest BCUT2D eigenvalue weighted by molar-refractivity contribution is 0.304. The van der Waals surface area contributed by atoms with Gasteiger partial charge in [-0.25, -0.2) is 0 Å². The van der Waals surface area contributed by atoms with Crippen molar-refractivity contribution in [3.63, 3.8) is 0 Å². The van der Waals surface area contributed by atoms with Gasteiger partial charge in [0.2, 0.25) is 0 Å². The Labute approximate surface area is 109 Å². The molecule has 0 unspecified atom stereocenters. The average molecular weight is 335 g/mol. The molecule has 1 nitrogen and oxygen atoms in total. The van der Waals surface area contributed by atoms with Gasteiger partial charge in [-0.15, -0.1) is 0 Å². The van der Waals surface area contributed by atoms with Gasteiger partial charge in [-0.1, -0.05) is 29.8 Å². The molecule has 0 aliphatic rings. The van der Waals surface area contributed by atoms with Crippen molar-refractivity contribution in [2.24, 2.45) is 5.41 Å². The highest BCUT2D eigenvalue weighted by Gasteiger charge is 2.25. The van der Waals surface area contributed by atoms with Crippen LogP contribution in [-0.4, -0.2) is 10.3 Å². The van der Waals surface area contributed by atoms with Gasteiger partial charge in [-0.3, -0.25) is 4.98 Å². The molecule has 0 aliphatic carbocycles. The highest BCUT2D eigenvalue weighted by atomic mass is 79.9. The van der Waals surface area contributed by atoms with Crippen LogP contribution in [0.5, 0.6) is 0 Å². The largest absolute Gasteiger partial charge is 0.260 e. The predicted molar refractivity (Wildman–Crippen MR) is 72.5 cm³/mol. The average Bonchev–Trinajstić information content (AvgIpc) is 2.29. The van der Waals surface area contributed by atoms with Crippen molar-refractivity contribution >= 4 is 31.9 Å². The molecule has 0 spiro atoms. The fraction of sp³-hybridized carbons (Fsp3) is 0.583. The molecule has 0 aromatic carbocycles. The van der Waals surface area contributed by atoms with Gasteiger partial charge in [0.15, 0.2) is 0 Å². The Balaban J connectivity index is 2.78. The first kappa shape index (κ1) is 13.2. The van der Waals surface area contributed by atoms with Crippen LogP contribution in [0.3, 0.4) is 0 Å². The van der Waals surface area contributed by atoms with Crippen molar-refractivity contribution in [2.45, 2.75) is 33.1 Å². The van der Waals surface area contributed by atoms with Gasteiger partial charge in [0.1, 0.15) is 0 Å². The smallest absolute Gasteiger partial charge is 0.0413 e. The molecule has 0 radical (unpaired) electrons. The summed E-state index contributed by atoms with van der Waals surface area (Å²) in [5.74, 6) is 0. The molecule has 1 rings (SSSR count). The summed E-state index contributed by atoms with van der Waals surface area (Å²) >= 11 is 7.03. The lowest BCUT2D eigenvalue weighted by Crippen LogP contribution is -2.24. The van der Waals surface area contributed by atoms with Crippen molar-refractivity contribution in [1.29, 1.82) is 0 Å². The Hall–Kier alpha value is 0.110. The Morgan fingerprint density at radius 2 is 1.93 bits per heavy atom. The van der Waals surface area contributed by atoms with E-state index in [1.165, 1.54) is 18.5 Å². The van der Waals surface area contributed by atoms with E-state index < -0.39 is 0 Å². The van der Waals surface area contributed by atoms with Crippen LogP contribution in [0.25, 0.3) is 0 Å². The standard InChI is InChI=1S/C12H17Br2N/c1-3-12(4-2,9-13)7-11-6-5-10(14)8-15-11/h5-6,8H,3-4,7,9H2,1-2H3. The maximum absolute atomic E-state index is 4.44. The Morgan fingerprint density at radius 1 is 1.27 bits per heavy atom. The number of rotatable bonds is 5. The Bertz CT molecular complexity index is 283. The summed E-state index contributed by atoms with van der Waals surface area (Å²) in [5.41, 5.74) is 1.54. The SMILES string of the molecule is CCC(CC)(CBr)Cc1ccc(Br)cn1. The van der Waals surface area contributed by atoms with E-state index in [2.05, 4.69) is 62.8 Å². The van der Waals surface area contributed by atoms with Crippen molar-refractivity contribution in [1.82, 2.24) is 4.98 Å². The number of hydrogen-bond acceptors (Lipinski definition) is 1. The maximum Gasteiger partial charge on any atom is 0.0413 e. The number of halogens is 2. The van der Waals surface area contributed by atoms with Crippen LogP contribution in [0, 0.1) is 5.41 Å². The third kappa shape index (κ3) is 3.56. The second-order valence-electron chi connectivity index (χ2n) is 3.99. The topological polar surface area (TPSA) is 12.9 Å². The molecule has 84 valence electrons. The van der Waals surface area contributed by atoms with Crippen LogP contribution < -0.4 is 0 Å². The highest BCUT2D eigenvalue weighted by molar-refractivity contribution is 9.10. The second kappa shape index (κ2) is 6.00. The fourth-order valence-corrected chi connectivity index (χ4v) is 2.86. The monoisotopic (exact) mass is 333 g/mol. The predicted octanol–water partition coefficient (Wildman–Crippen LogP) is 4.59. The van der Waals surface area contributed by atoms with E-state index in [4.69, 9.17) is 0 Å². The van der Waals surface area contributed by atoms with Gasteiger partial charge in [-0.05, 0) is 52.7 Å². The van der Waals surface area contributed by atoms with E-state index in [9.17, 15) is 0 Å². The van der Waals surface area contributed by atoms with Crippen LogP contribution >= 0.6 is 31.9 Å². The number of aromatic nitrogens is 1. The first-order valence-corrected chi connectivity index (χ1v) is 7.23. The van der Waals surface area contributed by atoms with Crippen LogP contribution in [-0.2, 0) is 6.42 Å². The molecule has 0 amide bonds. The van der Waals surface area contributed by atoms with Crippen molar-refractivity contribution < 1.29 is 0 Å². The number of alkyl halides is 1. The third-order valence-corrected chi connectivity index (χ3v) is 4.79. The summed E-state index contributed by atoms with van der Waals surface area (Å²) in [4.78, 5) is 4.44. The van der Waals surface area contributed by atoms with Crippen LogP contribution in [0.1, 0.15) is 32.4 Å². The summed E-state index contributed by atoms with van der Waals surface area (Å²) < 4.78 is 1.05. The summed E-state index contributed by atoms with van der Waals surface area (Å²) in [6, 6.07) is 4.17. The van der Waals surface area contributed by atoms with Crippen LogP contribution in [0.15, 0.2) is 22.8 Å². The number of nitrogens with zero attached hydrogens (tertiary/aromatic N) is 1. The molecule has 0 saturated carbocycles. The van der Waals surface area contributed by atoms with Gasteiger partial charge in [0, 0.05) is 21.7 Å². The lowest BCUT2D eigenvalue weighted by Gasteiger charge is -2.29. The molecule has 0 atom stereocenters. The highest BCUT2D eigenvalue weighted by Crippen LogP contribution is 2.32. The van der Waals surface area contributed by atoms with Crippen molar-refractivity contribution in [3.05, 3.63) is 28.5 Å². The zero-order valence-corrected chi connectivity index (χ0v) is 12.4. The minimum atomic E-state index is 0.362. The van der Waals surface area contributed by atoms with E-state index in [1.54, 1.807) is 0 Å². The minimum Gasteiger partial charge on any atom is -0.260 e. The van der Waals surface area contributed by atoms with Crippen LogP contribution in [0.4, 0.5) is 0 Å². The molecular formula is C12H17Br2N. The van der Waals surface area contributed by atoms with E-state index in [1.807, 2.05) is 6.20 Å². The molecule has 1 heterocycles. The van der Waals surface area contributed by atoms with E-state index >= 15 is 0 Å². The van der Waals surface area contributed by atoms with Crippen LogP contribution in [0.2, 0.25) is 0 Å². The maximum atomic E-state index is 4.44. The molecule has 0 saturated heterocycles. The molecule has 1 aromatic heterocycles. The molecule has 3 heteroatoms. The molecule has 0 N–H and O–H groups in total. The summed E-state index contributed by atoms with van der Waals surface area (Å²) in [6.07, 6.45) is 5.30. The zero-order chi connectivity index (χ0) is 11.3. The molecule has 0 bridgehead atoms. The first-order chi connectivity index (χ1) is 7.15. The summed E-state index contributed by atoms with van der Waals surface area (Å²) in [7, 11) is 0. The van der Waals surface area contributed by atoms with Crippen molar-refractivity contribution in [2.75, 3.05) is 5.33 Å². The molecule has 1 aromatic rings. The quantitative estimate of drug-likeness (QED) is 0.718. The molecular weight excluding hydrogens is 318 g/mol. The fourth-order valence-electron chi connectivity index (χ4n) is 1.63. The van der Waals surface area contributed by atoms with Gasteiger partial charge in [-0.2, -0.15) is 0 Å². The van der Waals surface area contributed by atoms with Crippen molar-refractivity contribution in [3.8, 4) is 0 Å². The van der Waals surface area contributed by atoms with E-state index in [0.717, 1.165) is 16.2 Å². The first-order valence-electron chi connectivity index (χ1n) is 5.32. The number of hydrogen-bond donors (Lipinski definition) is 0. The zero-order valence-electron chi connectivity index (χ0n) is 9.26. The second-order valence-corrected chi connectivity index (χ2v) is 5.46. The molecule has 15 heavy (non-hydrogen) atoms. The lowest BCUT2D eigenvalue weighted by atomic mass is 9.80. The normalized spacial score (nSPS) is 11.7. The van der Waals surface area contributed by atoms with Gasteiger partial charge >= 0.3 is 0 Å². The Morgan fingerprint density at radius 3 is 2.33 bits per heavy atom. The summed E-state index contributed by atoms with van der Waals surface area (Å²) in [5, 5.41) is 1.05. The third-order valence-electron chi connectivity index (χ3n) is 3.13. The number of pyridine rings is 1. The molecule has 0 fully saturated rings. The Kier molecular flexibility index (Phi) is 5.27.